The molecular weight excluding hydrogens is 384 g/mol. The van der Waals surface area contributed by atoms with Crippen LogP contribution in [0.4, 0.5) is 0 Å². The van der Waals surface area contributed by atoms with Gasteiger partial charge in [0.15, 0.2) is 5.78 Å². The molecule has 1 aliphatic heterocycles. The molecule has 0 aromatic rings. The monoisotopic (exact) mass is 416 g/mol. The van der Waals surface area contributed by atoms with Crippen LogP contribution in [0.2, 0.25) is 0 Å². The quantitative estimate of drug-likeness (QED) is 0.661. The van der Waals surface area contributed by atoms with E-state index in [0.29, 0.717) is 38.5 Å². The molecule has 1 saturated heterocycles. The standard InChI is InChI=1S/C24H32O6/c1-22-7-4-14(25)10-13(22)11-15(21(28)29-3)19-16-5-8-24(9-6-18(27)30-24)23(16,2)12-17(26)20(19)22/h10,15-17,19-20,26H,4-9,11-12H2,1-3H3/t15-,16-,17+,19?,20-,22+,23+,24-/m0/s1. The van der Waals surface area contributed by atoms with Gasteiger partial charge in [0.2, 0.25) is 0 Å². The van der Waals surface area contributed by atoms with Gasteiger partial charge in [0.05, 0.1) is 19.1 Å². The summed E-state index contributed by atoms with van der Waals surface area (Å²) in [6.45, 7) is 4.33. The molecule has 4 fully saturated rings. The Morgan fingerprint density at radius 3 is 2.63 bits per heavy atom. The molecule has 4 aliphatic carbocycles. The smallest absolute Gasteiger partial charge is 0.309 e. The van der Waals surface area contributed by atoms with Crippen LogP contribution in [0.25, 0.3) is 0 Å². The number of allylic oxidation sites excluding steroid dienone is 1. The first-order chi connectivity index (χ1) is 14.1. The summed E-state index contributed by atoms with van der Waals surface area (Å²) in [5, 5.41) is 11.6. The number of rotatable bonds is 1. The molecule has 1 N–H and O–H groups in total. The Hall–Kier alpha value is -1.69. The third kappa shape index (κ3) is 2.43. The van der Waals surface area contributed by atoms with E-state index in [1.54, 1.807) is 6.08 Å². The first-order valence-corrected chi connectivity index (χ1v) is 11.4. The van der Waals surface area contributed by atoms with Crippen molar-refractivity contribution < 1.29 is 29.0 Å². The van der Waals surface area contributed by atoms with E-state index in [2.05, 4.69) is 13.8 Å². The van der Waals surface area contributed by atoms with E-state index in [1.165, 1.54) is 7.11 Å². The fourth-order valence-electron chi connectivity index (χ4n) is 8.35. The second-order valence-electron chi connectivity index (χ2n) is 10.8. The van der Waals surface area contributed by atoms with Gasteiger partial charge in [-0.15, -0.1) is 0 Å². The lowest BCUT2D eigenvalue weighted by Gasteiger charge is -2.62. The van der Waals surface area contributed by atoms with E-state index in [-0.39, 0.29) is 52.2 Å². The molecule has 6 nitrogen and oxygen atoms in total. The lowest BCUT2D eigenvalue weighted by molar-refractivity contribution is -0.197. The van der Waals surface area contributed by atoms with Gasteiger partial charge in [-0.25, -0.2) is 0 Å². The number of carbonyl (C=O) groups is 3. The van der Waals surface area contributed by atoms with E-state index >= 15 is 0 Å². The highest BCUT2D eigenvalue weighted by atomic mass is 16.6. The summed E-state index contributed by atoms with van der Waals surface area (Å²) >= 11 is 0. The van der Waals surface area contributed by atoms with Crippen LogP contribution < -0.4 is 0 Å². The van der Waals surface area contributed by atoms with E-state index in [4.69, 9.17) is 9.47 Å². The van der Waals surface area contributed by atoms with Crippen LogP contribution in [-0.4, -0.2) is 41.6 Å². The summed E-state index contributed by atoms with van der Waals surface area (Å²) in [7, 11) is 1.42. The Kier molecular flexibility index (Phi) is 4.32. The molecule has 5 rings (SSSR count). The predicted molar refractivity (Wildman–Crippen MR) is 107 cm³/mol. The molecule has 164 valence electrons. The minimum absolute atomic E-state index is 0.0415. The second kappa shape index (κ2) is 6.41. The third-order valence-electron chi connectivity index (χ3n) is 9.79. The fourth-order valence-corrected chi connectivity index (χ4v) is 8.35. The lowest BCUT2D eigenvalue weighted by atomic mass is 9.43. The van der Waals surface area contributed by atoms with Crippen LogP contribution >= 0.6 is 0 Å². The summed E-state index contributed by atoms with van der Waals surface area (Å²) in [4.78, 5) is 37.2. The van der Waals surface area contributed by atoms with Gasteiger partial charge in [-0.2, -0.15) is 0 Å². The highest BCUT2D eigenvalue weighted by molar-refractivity contribution is 5.92. The lowest BCUT2D eigenvalue weighted by Crippen LogP contribution is -2.62. The van der Waals surface area contributed by atoms with Gasteiger partial charge >= 0.3 is 11.9 Å². The maximum absolute atomic E-state index is 12.9. The Morgan fingerprint density at radius 2 is 1.97 bits per heavy atom. The minimum atomic E-state index is -0.611. The van der Waals surface area contributed by atoms with Crippen molar-refractivity contribution in [3.05, 3.63) is 11.6 Å². The molecule has 8 atom stereocenters. The predicted octanol–water partition coefficient (Wildman–Crippen LogP) is 2.96. The average molecular weight is 417 g/mol. The zero-order chi connectivity index (χ0) is 21.5. The molecule has 6 heteroatoms. The van der Waals surface area contributed by atoms with Gasteiger partial charge in [0.1, 0.15) is 5.60 Å². The summed E-state index contributed by atoms with van der Waals surface area (Å²) in [6.07, 6.45) is 6.21. The molecule has 0 aromatic heterocycles. The molecule has 1 heterocycles. The number of aliphatic hydroxyl groups excluding tert-OH is 1. The number of carbonyl (C=O) groups excluding carboxylic acids is 3. The van der Waals surface area contributed by atoms with Crippen molar-refractivity contribution in [3.8, 4) is 0 Å². The number of hydrogen-bond acceptors (Lipinski definition) is 6. The summed E-state index contributed by atoms with van der Waals surface area (Å²) in [5.74, 6) is -0.636. The summed E-state index contributed by atoms with van der Waals surface area (Å²) in [5.41, 5.74) is -0.168. The van der Waals surface area contributed by atoms with E-state index in [0.717, 1.165) is 18.4 Å². The number of ketones is 1. The Labute approximate surface area is 177 Å². The zero-order valence-corrected chi connectivity index (χ0v) is 18.1. The van der Waals surface area contributed by atoms with Crippen molar-refractivity contribution in [1.82, 2.24) is 0 Å². The normalized spacial score (nSPS) is 49.7. The van der Waals surface area contributed by atoms with Crippen molar-refractivity contribution in [1.29, 1.82) is 0 Å². The van der Waals surface area contributed by atoms with E-state index < -0.39 is 11.7 Å². The molecule has 3 saturated carbocycles. The maximum atomic E-state index is 12.9. The van der Waals surface area contributed by atoms with Crippen LogP contribution in [0, 0.1) is 34.5 Å². The van der Waals surface area contributed by atoms with Crippen molar-refractivity contribution in [2.45, 2.75) is 76.9 Å². The van der Waals surface area contributed by atoms with Crippen LogP contribution in [0.5, 0.6) is 0 Å². The van der Waals surface area contributed by atoms with E-state index in [1.807, 2.05) is 0 Å². The van der Waals surface area contributed by atoms with Gasteiger partial charge in [0, 0.05) is 18.3 Å². The van der Waals surface area contributed by atoms with Crippen LogP contribution in [0.3, 0.4) is 0 Å². The Morgan fingerprint density at radius 1 is 1.20 bits per heavy atom. The highest BCUT2D eigenvalue weighted by Crippen LogP contribution is 2.70. The maximum Gasteiger partial charge on any atom is 0.309 e. The van der Waals surface area contributed by atoms with Gasteiger partial charge in [-0.1, -0.05) is 19.4 Å². The summed E-state index contributed by atoms with van der Waals surface area (Å²) < 4.78 is 11.2. The van der Waals surface area contributed by atoms with Gasteiger partial charge < -0.3 is 14.6 Å². The number of esters is 2. The molecule has 5 aliphatic rings. The Bertz CT molecular complexity index is 847. The third-order valence-corrected chi connectivity index (χ3v) is 9.79. The molecule has 30 heavy (non-hydrogen) atoms. The van der Waals surface area contributed by atoms with Crippen LogP contribution in [-0.2, 0) is 23.9 Å². The molecule has 1 spiro atoms. The van der Waals surface area contributed by atoms with Crippen LogP contribution in [0.1, 0.15) is 65.2 Å². The number of ether oxygens (including phenoxy) is 2. The first-order valence-electron chi connectivity index (χ1n) is 11.4. The second-order valence-corrected chi connectivity index (χ2v) is 10.8. The topological polar surface area (TPSA) is 89.9 Å². The van der Waals surface area contributed by atoms with Crippen molar-refractivity contribution in [2.24, 2.45) is 34.5 Å². The van der Waals surface area contributed by atoms with Crippen molar-refractivity contribution >= 4 is 17.7 Å². The zero-order valence-electron chi connectivity index (χ0n) is 18.1. The molecule has 1 unspecified atom stereocenters. The van der Waals surface area contributed by atoms with Crippen molar-refractivity contribution in [3.63, 3.8) is 0 Å². The molecule has 0 radical (unpaired) electrons. The minimum Gasteiger partial charge on any atom is -0.469 e. The summed E-state index contributed by atoms with van der Waals surface area (Å²) in [6, 6.07) is 0. The first kappa shape index (κ1) is 20.2. The molecule has 0 amide bonds. The van der Waals surface area contributed by atoms with Gasteiger partial charge in [-0.3, -0.25) is 14.4 Å². The van der Waals surface area contributed by atoms with E-state index in [9.17, 15) is 19.5 Å². The largest absolute Gasteiger partial charge is 0.469 e. The van der Waals surface area contributed by atoms with Crippen molar-refractivity contribution in [2.75, 3.05) is 7.11 Å². The SMILES string of the molecule is COC(=O)[C@H]1CC2=CC(=O)CC[C@@]2(C)[C@@H]2C1[C@@H]1CC[C@]3(CCC(=O)O3)[C@]1(C)C[C@H]2O. The molecule has 0 bridgehead atoms. The Balaban J connectivity index is 1.62. The number of methoxy groups -OCH3 is 1. The van der Waals surface area contributed by atoms with Crippen LogP contribution in [0.15, 0.2) is 11.6 Å². The van der Waals surface area contributed by atoms with Gasteiger partial charge in [0.25, 0.3) is 0 Å². The highest BCUT2D eigenvalue weighted by Gasteiger charge is 2.71. The van der Waals surface area contributed by atoms with Gasteiger partial charge in [-0.05, 0) is 67.8 Å². The molecular formula is C24H32O6. The fraction of sp³-hybridized carbons (Fsp3) is 0.792. The number of hydrogen-bond donors (Lipinski definition) is 1. The molecule has 0 aromatic carbocycles. The number of fused-ring (bicyclic) bond motifs is 6. The number of aliphatic hydroxyl groups is 1. The average Bonchev–Trinajstić information content (AvgIpc) is 3.21.